The maximum Gasteiger partial charge on any atom is 0.234 e. The van der Waals surface area contributed by atoms with Crippen molar-refractivity contribution in [1.29, 1.82) is 5.26 Å². The number of allylic oxidation sites excluding steroid dienone is 1. The molecule has 1 amide bonds. The van der Waals surface area contributed by atoms with Crippen molar-refractivity contribution in [2.45, 2.75) is 36.9 Å². The number of benzene rings is 1. The largest absolute Gasteiger partial charge is 0.325 e. The molecule has 1 fully saturated rings. The normalized spacial score (nSPS) is 13.2. The minimum absolute atomic E-state index is 0.0980. The number of rotatable bonds is 8. The van der Waals surface area contributed by atoms with Crippen molar-refractivity contribution in [3.8, 4) is 6.07 Å². The fraction of sp³-hybridized carbons (Fsp3) is 0.333. The fourth-order valence-corrected chi connectivity index (χ4v) is 3.23. The summed E-state index contributed by atoms with van der Waals surface area (Å²) in [4.78, 5) is 12.2. The average molecular weight is 353 g/mol. The molecule has 1 aromatic heterocycles. The molecule has 1 aromatic carbocycles. The Balaban J connectivity index is 1.57. The number of carbonyl (C=O) groups excluding carboxylic acids is 1. The molecule has 0 saturated heterocycles. The van der Waals surface area contributed by atoms with E-state index in [0.29, 0.717) is 18.9 Å². The zero-order chi connectivity index (χ0) is 17.6. The molecule has 0 radical (unpaired) electrons. The highest BCUT2D eigenvalue weighted by molar-refractivity contribution is 7.99. The van der Waals surface area contributed by atoms with E-state index in [4.69, 9.17) is 5.26 Å². The second-order valence-corrected chi connectivity index (χ2v) is 6.83. The van der Waals surface area contributed by atoms with E-state index in [1.54, 1.807) is 12.1 Å². The summed E-state index contributed by atoms with van der Waals surface area (Å²) in [7, 11) is 0. The van der Waals surface area contributed by atoms with Crippen LogP contribution in [0.25, 0.3) is 0 Å². The average Bonchev–Trinajstić information content (AvgIpc) is 3.37. The molecule has 0 spiro atoms. The van der Waals surface area contributed by atoms with E-state index in [1.807, 2.05) is 22.8 Å². The molecule has 3 rings (SSSR count). The van der Waals surface area contributed by atoms with Gasteiger partial charge in [0.2, 0.25) is 5.91 Å². The number of hydrogen-bond acceptors (Lipinski definition) is 5. The second-order valence-electron chi connectivity index (χ2n) is 5.88. The van der Waals surface area contributed by atoms with E-state index in [-0.39, 0.29) is 11.7 Å². The fourth-order valence-electron chi connectivity index (χ4n) is 2.48. The number of thioether (sulfide) groups is 1. The summed E-state index contributed by atoms with van der Waals surface area (Å²) >= 11 is 1.38. The molecule has 7 heteroatoms. The van der Waals surface area contributed by atoms with Gasteiger partial charge in [-0.3, -0.25) is 4.79 Å². The lowest BCUT2D eigenvalue weighted by Gasteiger charge is -2.08. The van der Waals surface area contributed by atoms with E-state index >= 15 is 0 Å². The van der Waals surface area contributed by atoms with Gasteiger partial charge in [0.05, 0.1) is 18.2 Å². The van der Waals surface area contributed by atoms with Crippen LogP contribution in [0.1, 0.15) is 30.1 Å². The standard InChI is InChI=1S/C18H19N5OS/c1-2-11-23-17(14-5-6-14)21-22-18(23)25-12-16(24)20-15-7-3-13(4-8-15)9-10-19/h2-4,7-8,14H,1,5-6,9,11-12H2,(H,20,24). The van der Waals surface area contributed by atoms with Crippen LogP contribution in [-0.4, -0.2) is 26.4 Å². The van der Waals surface area contributed by atoms with Gasteiger partial charge in [0.15, 0.2) is 5.16 Å². The Morgan fingerprint density at radius 2 is 2.16 bits per heavy atom. The lowest BCUT2D eigenvalue weighted by Crippen LogP contribution is -2.14. The minimum Gasteiger partial charge on any atom is -0.325 e. The van der Waals surface area contributed by atoms with Crippen molar-refractivity contribution in [1.82, 2.24) is 14.8 Å². The first-order valence-corrected chi connectivity index (χ1v) is 9.12. The number of carbonyl (C=O) groups is 1. The van der Waals surface area contributed by atoms with Gasteiger partial charge in [-0.05, 0) is 30.5 Å². The molecular formula is C18H19N5OS. The number of anilines is 1. The summed E-state index contributed by atoms with van der Waals surface area (Å²) in [5, 5.41) is 20.8. The van der Waals surface area contributed by atoms with Gasteiger partial charge < -0.3 is 9.88 Å². The Morgan fingerprint density at radius 1 is 1.40 bits per heavy atom. The van der Waals surface area contributed by atoms with Gasteiger partial charge in [0.1, 0.15) is 5.82 Å². The first kappa shape index (κ1) is 17.2. The van der Waals surface area contributed by atoms with Gasteiger partial charge in [-0.25, -0.2) is 0 Å². The van der Waals surface area contributed by atoms with Gasteiger partial charge in [0, 0.05) is 18.2 Å². The number of nitrogens with one attached hydrogen (secondary N) is 1. The third-order valence-electron chi connectivity index (χ3n) is 3.85. The quantitative estimate of drug-likeness (QED) is 0.582. The molecule has 25 heavy (non-hydrogen) atoms. The number of amides is 1. The lowest BCUT2D eigenvalue weighted by atomic mass is 10.1. The SMILES string of the molecule is C=CCn1c(SCC(=O)Nc2ccc(CC#N)cc2)nnc1C1CC1. The van der Waals surface area contributed by atoms with Crippen LogP contribution in [-0.2, 0) is 17.8 Å². The number of hydrogen-bond donors (Lipinski definition) is 1. The van der Waals surface area contributed by atoms with E-state index in [9.17, 15) is 4.79 Å². The maximum atomic E-state index is 12.2. The lowest BCUT2D eigenvalue weighted by molar-refractivity contribution is -0.113. The monoisotopic (exact) mass is 353 g/mol. The van der Waals surface area contributed by atoms with E-state index < -0.39 is 0 Å². The summed E-state index contributed by atoms with van der Waals surface area (Å²) in [6.07, 6.45) is 4.50. The highest BCUT2D eigenvalue weighted by Gasteiger charge is 2.30. The maximum absolute atomic E-state index is 12.2. The van der Waals surface area contributed by atoms with Crippen molar-refractivity contribution in [3.05, 3.63) is 48.3 Å². The van der Waals surface area contributed by atoms with Crippen LogP contribution in [0.5, 0.6) is 0 Å². The third kappa shape index (κ3) is 4.48. The Kier molecular flexibility index (Phi) is 5.51. The van der Waals surface area contributed by atoms with Crippen LogP contribution in [0.3, 0.4) is 0 Å². The summed E-state index contributed by atoms with van der Waals surface area (Å²) in [6, 6.07) is 9.40. The Bertz CT molecular complexity index is 802. The van der Waals surface area contributed by atoms with Crippen molar-refractivity contribution < 1.29 is 4.79 Å². The van der Waals surface area contributed by atoms with Gasteiger partial charge in [-0.1, -0.05) is 30.0 Å². The minimum atomic E-state index is -0.0980. The number of aromatic nitrogens is 3. The molecule has 0 atom stereocenters. The van der Waals surface area contributed by atoms with Gasteiger partial charge in [0.25, 0.3) is 0 Å². The topological polar surface area (TPSA) is 83.6 Å². The third-order valence-corrected chi connectivity index (χ3v) is 4.82. The van der Waals surface area contributed by atoms with Gasteiger partial charge in [-0.2, -0.15) is 5.26 Å². The van der Waals surface area contributed by atoms with Crippen LogP contribution in [0.2, 0.25) is 0 Å². The summed E-state index contributed by atoms with van der Waals surface area (Å²) in [5.41, 5.74) is 1.65. The summed E-state index contributed by atoms with van der Waals surface area (Å²) < 4.78 is 2.04. The molecule has 2 aromatic rings. The molecule has 1 heterocycles. The van der Waals surface area contributed by atoms with Gasteiger partial charge >= 0.3 is 0 Å². The smallest absolute Gasteiger partial charge is 0.234 e. The van der Waals surface area contributed by atoms with Crippen molar-refractivity contribution >= 4 is 23.4 Å². The van der Waals surface area contributed by atoms with Crippen LogP contribution in [0.15, 0.2) is 42.1 Å². The number of nitrogens with zero attached hydrogens (tertiary/aromatic N) is 4. The van der Waals surface area contributed by atoms with Crippen molar-refractivity contribution in [2.24, 2.45) is 0 Å². The van der Waals surface area contributed by atoms with E-state index in [2.05, 4.69) is 28.2 Å². The van der Waals surface area contributed by atoms with Crippen LogP contribution in [0, 0.1) is 11.3 Å². The van der Waals surface area contributed by atoms with Crippen LogP contribution in [0.4, 0.5) is 5.69 Å². The van der Waals surface area contributed by atoms with Gasteiger partial charge in [-0.15, -0.1) is 16.8 Å². The Morgan fingerprint density at radius 3 is 2.80 bits per heavy atom. The molecule has 1 saturated carbocycles. The highest BCUT2D eigenvalue weighted by Crippen LogP contribution is 2.40. The predicted molar refractivity (Wildman–Crippen MR) is 97.3 cm³/mol. The Hall–Kier alpha value is -2.59. The second kappa shape index (κ2) is 7.99. The zero-order valence-corrected chi connectivity index (χ0v) is 14.6. The molecule has 128 valence electrons. The molecular weight excluding hydrogens is 334 g/mol. The molecule has 1 N–H and O–H groups in total. The van der Waals surface area contributed by atoms with Crippen LogP contribution >= 0.6 is 11.8 Å². The highest BCUT2D eigenvalue weighted by atomic mass is 32.2. The first-order valence-electron chi connectivity index (χ1n) is 8.13. The van der Waals surface area contributed by atoms with E-state index in [1.165, 1.54) is 11.8 Å². The van der Waals surface area contributed by atoms with Crippen molar-refractivity contribution in [2.75, 3.05) is 11.1 Å². The molecule has 0 aliphatic heterocycles. The summed E-state index contributed by atoms with van der Waals surface area (Å²) in [5.74, 6) is 1.66. The predicted octanol–water partition coefficient (Wildman–Crippen LogP) is 3.14. The van der Waals surface area contributed by atoms with Crippen molar-refractivity contribution in [3.63, 3.8) is 0 Å². The zero-order valence-electron chi connectivity index (χ0n) is 13.8. The molecule has 1 aliphatic carbocycles. The van der Waals surface area contributed by atoms with E-state index in [0.717, 1.165) is 35.1 Å². The molecule has 0 unspecified atom stereocenters. The van der Waals surface area contributed by atoms with Crippen LogP contribution < -0.4 is 5.32 Å². The molecule has 1 aliphatic rings. The number of nitriles is 1. The molecule has 0 bridgehead atoms. The Labute approximate surface area is 150 Å². The molecule has 6 nitrogen and oxygen atoms in total. The first-order chi connectivity index (χ1) is 12.2. The summed E-state index contributed by atoms with van der Waals surface area (Å²) in [6.45, 7) is 4.44.